The van der Waals surface area contributed by atoms with E-state index in [4.69, 9.17) is 10.2 Å². The first-order valence-electron chi connectivity index (χ1n) is 5.73. The second-order valence-electron chi connectivity index (χ2n) is 4.28. The van der Waals surface area contributed by atoms with E-state index in [1.165, 1.54) is 0 Å². The van der Waals surface area contributed by atoms with E-state index < -0.39 is 5.76 Å². The highest BCUT2D eigenvalue weighted by Crippen LogP contribution is 2.12. The monoisotopic (exact) mass is 235 g/mol. The molecule has 5 heteroatoms. The number of benzene rings is 1. The summed E-state index contributed by atoms with van der Waals surface area (Å²) in [4.78, 5) is 13.6. The molecule has 0 bridgehead atoms. The van der Waals surface area contributed by atoms with Gasteiger partial charge in [-0.1, -0.05) is 6.07 Å². The largest absolute Gasteiger partial charge is 0.417 e. The number of hydrogen-bond acceptors (Lipinski definition) is 4. The molecule has 2 rings (SSSR count). The first-order chi connectivity index (χ1) is 8.15. The van der Waals surface area contributed by atoms with Gasteiger partial charge in [0, 0.05) is 12.6 Å². The predicted octanol–water partition coefficient (Wildman–Crippen LogP) is 0.600. The molecule has 17 heavy (non-hydrogen) atoms. The summed E-state index contributed by atoms with van der Waals surface area (Å²) in [7, 11) is 0. The van der Waals surface area contributed by atoms with Gasteiger partial charge in [0.05, 0.1) is 5.52 Å². The smallest absolute Gasteiger partial charge is 0.408 e. The Bertz CT molecular complexity index is 542. The zero-order valence-corrected chi connectivity index (χ0v) is 9.82. The van der Waals surface area contributed by atoms with Crippen LogP contribution in [-0.2, 0) is 6.42 Å². The van der Waals surface area contributed by atoms with E-state index in [1.807, 2.05) is 25.1 Å². The Balaban J connectivity index is 1.97. The van der Waals surface area contributed by atoms with Crippen molar-refractivity contribution in [2.45, 2.75) is 19.4 Å². The maximum atomic E-state index is 11.0. The van der Waals surface area contributed by atoms with E-state index >= 15 is 0 Å². The summed E-state index contributed by atoms with van der Waals surface area (Å²) >= 11 is 0. The molecular weight excluding hydrogens is 218 g/mol. The molecule has 0 aliphatic carbocycles. The van der Waals surface area contributed by atoms with Crippen molar-refractivity contribution in [2.24, 2.45) is 5.73 Å². The number of fused-ring (bicyclic) bond motifs is 1. The number of rotatable bonds is 5. The number of nitrogens with two attached hydrogens (primary N) is 1. The minimum Gasteiger partial charge on any atom is -0.408 e. The molecule has 0 aliphatic rings. The van der Waals surface area contributed by atoms with E-state index in [9.17, 15) is 4.79 Å². The van der Waals surface area contributed by atoms with Crippen molar-refractivity contribution >= 4 is 11.1 Å². The van der Waals surface area contributed by atoms with Crippen molar-refractivity contribution in [2.75, 3.05) is 13.1 Å². The molecule has 1 aromatic carbocycles. The Morgan fingerprint density at radius 1 is 1.53 bits per heavy atom. The Labute approximate surface area is 99.0 Å². The van der Waals surface area contributed by atoms with Crippen LogP contribution < -0.4 is 16.8 Å². The molecule has 1 unspecified atom stereocenters. The molecule has 0 aliphatic heterocycles. The molecule has 1 heterocycles. The molecule has 1 atom stereocenters. The third kappa shape index (κ3) is 3.18. The topological polar surface area (TPSA) is 84.0 Å². The lowest BCUT2D eigenvalue weighted by atomic mass is 10.1. The van der Waals surface area contributed by atoms with Gasteiger partial charge in [0.1, 0.15) is 0 Å². The Morgan fingerprint density at radius 3 is 3.12 bits per heavy atom. The molecule has 0 spiro atoms. The maximum absolute atomic E-state index is 11.0. The van der Waals surface area contributed by atoms with Crippen LogP contribution in [0.1, 0.15) is 12.5 Å². The van der Waals surface area contributed by atoms with Crippen LogP contribution in [0.15, 0.2) is 27.4 Å². The number of oxazole rings is 1. The van der Waals surface area contributed by atoms with Crippen LogP contribution in [0.25, 0.3) is 11.1 Å². The normalized spacial score (nSPS) is 13.1. The average molecular weight is 235 g/mol. The van der Waals surface area contributed by atoms with Gasteiger partial charge in [-0.15, -0.1) is 0 Å². The van der Waals surface area contributed by atoms with E-state index in [-0.39, 0.29) is 6.04 Å². The minimum absolute atomic E-state index is 0.169. The Morgan fingerprint density at radius 2 is 2.35 bits per heavy atom. The Kier molecular flexibility index (Phi) is 3.61. The summed E-state index contributed by atoms with van der Waals surface area (Å²) in [6, 6.07) is 5.89. The average Bonchev–Trinajstić information content (AvgIpc) is 2.63. The van der Waals surface area contributed by atoms with Gasteiger partial charge in [-0.2, -0.15) is 0 Å². The number of aromatic amines is 1. The zero-order chi connectivity index (χ0) is 12.3. The Hall–Kier alpha value is -1.59. The van der Waals surface area contributed by atoms with Gasteiger partial charge < -0.3 is 15.5 Å². The lowest BCUT2D eigenvalue weighted by molar-refractivity contribution is 0.555. The minimum atomic E-state index is -0.410. The summed E-state index contributed by atoms with van der Waals surface area (Å²) < 4.78 is 4.94. The van der Waals surface area contributed by atoms with Gasteiger partial charge in [-0.05, 0) is 37.6 Å². The van der Waals surface area contributed by atoms with E-state index in [0.29, 0.717) is 5.58 Å². The molecule has 0 saturated heterocycles. The van der Waals surface area contributed by atoms with Crippen LogP contribution >= 0.6 is 0 Å². The summed E-state index contributed by atoms with van der Waals surface area (Å²) in [5.74, 6) is -0.410. The first-order valence-corrected chi connectivity index (χ1v) is 5.73. The van der Waals surface area contributed by atoms with E-state index in [1.54, 1.807) is 0 Å². The maximum Gasteiger partial charge on any atom is 0.417 e. The fourth-order valence-corrected chi connectivity index (χ4v) is 1.72. The summed E-state index contributed by atoms with van der Waals surface area (Å²) in [6.07, 6.45) is 0.899. The van der Waals surface area contributed by atoms with Crippen LogP contribution in [0.3, 0.4) is 0 Å². The third-order valence-electron chi connectivity index (χ3n) is 2.54. The van der Waals surface area contributed by atoms with E-state index in [2.05, 4.69) is 10.3 Å². The lowest BCUT2D eigenvalue weighted by Gasteiger charge is -2.07. The second-order valence-corrected chi connectivity index (χ2v) is 4.28. The van der Waals surface area contributed by atoms with Gasteiger partial charge in [-0.25, -0.2) is 4.79 Å². The fraction of sp³-hybridized carbons (Fsp3) is 0.417. The molecule has 2 aromatic rings. The van der Waals surface area contributed by atoms with Crippen LogP contribution in [0.4, 0.5) is 0 Å². The standard InChI is InChI=1S/C12H17N3O2/c1-8(13)7-14-5-4-9-2-3-11-10(6-9)15-12(16)17-11/h2-3,6,8,14H,4-5,7,13H2,1H3,(H,15,16). The molecule has 5 nitrogen and oxygen atoms in total. The number of nitrogens with one attached hydrogen (secondary N) is 2. The first kappa shape index (κ1) is 11.9. The van der Waals surface area contributed by atoms with Crippen LogP contribution in [0.2, 0.25) is 0 Å². The highest BCUT2D eigenvalue weighted by Gasteiger charge is 2.02. The van der Waals surface area contributed by atoms with Crippen molar-refractivity contribution in [3.05, 3.63) is 34.3 Å². The van der Waals surface area contributed by atoms with Crippen LogP contribution in [0, 0.1) is 0 Å². The van der Waals surface area contributed by atoms with Crippen molar-refractivity contribution in [1.82, 2.24) is 10.3 Å². The highest BCUT2D eigenvalue weighted by atomic mass is 16.4. The van der Waals surface area contributed by atoms with Gasteiger partial charge in [0.2, 0.25) is 0 Å². The van der Waals surface area contributed by atoms with Crippen molar-refractivity contribution in [1.29, 1.82) is 0 Å². The number of aromatic nitrogens is 1. The van der Waals surface area contributed by atoms with Gasteiger partial charge >= 0.3 is 5.76 Å². The van der Waals surface area contributed by atoms with Crippen molar-refractivity contribution in [3.63, 3.8) is 0 Å². The van der Waals surface area contributed by atoms with Gasteiger partial charge in [0.15, 0.2) is 5.58 Å². The quantitative estimate of drug-likeness (QED) is 0.663. The zero-order valence-electron chi connectivity index (χ0n) is 9.82. The number of H-pyrrole nitrogens is 1. The van der Waals surface area contributed by atoms with Crippen LogP contribution in [-0.4, -0.2) is 24.1 Å². The highest BCUT2D eigenvalue weighted by molar-refractivity contribution is 5.72. The molecule has 1 aromatic heterocycles. The van der Waals surface area contributed by atoms with Crippen molar-refractivity contribution in [3.8, 4) is 0 Å². The molecule has 0 fully saturated rings. The summed E-state index contributed by atoms with van der Waals surface area (Å²) in [5, 5.41) is 3.27. The molecule has 0 amide bonds. The predicted molar refractivity (Wildman–Crippen MR) is 67.1 cm³/mol. The van der Waals surface area contributed by atoms with E-state index in [0.717, 1.165) is 30.6 Å². The summed E-state index contributed by atoms with van der Waals surface area (Å²) in [6.45, 7) is 3.65. The van der Waals surface area contributed by atoms with Crippen LogP contribution in [0.5, 0.6) is 0 Å². The molecule has 0 saturated carbocycles. The fourth-order valence-electron chi connectivity index (χ4n) is 1.72. The summed E-state index contributed by atoms with van der Waals surface area (Å²) in [5.41, 5.74) is 8.14. The SMILES string of the molecule is CC(N)CNCCc1ccc2oc(=O)[nH]c2c1. The van der Waals surface area contributed by atoms with Gasteiger partial charge in [-0.3, -0.25) is 4.98 Å². The molecule has 4 N–H and O–H groups in total. The lowest BCUT2D eigenvalue weighted by Crippen LogP contribution is -2.32. The molecular formula is C12H17N3O2. The van der Waals surface area contributed by atoms with Gasteiger partial charge in [0.25, 0.3) is 0 Å². The molecule has 0 radical (unpaired) electrons. The van der Waals surface area contributed by atoms with Crippen molar-refractivity contribution < 1.29 is 4.42 Å². The molecule has 92 valence electrons. The third-order valence-corrected chi connectivity index (χ3v) is 2.54. The number of hydrogen-bond donors (Lipinski definition) is 3. The second kappa shape index (κ2) is 5.16.